The van der Waals surface area contributed by atoms with Gasteiger partial charge in [-0.25, -0.2) is 0 Å². The summed E-state index contributed by atoms with van der Waals surface area (Å²) < 4.78 is 4.87. The lowest BCUT2D eigenvalue weighted by molar-refractivity contribution is 0.185. The zero-order valence-electron chi connectivity index (χ0n) is 6.37. The quantitative estimate of drug-likeness (QED) is 0.494. The number of phenols is 1. The summed E-state index contributed by atoms with van der Waals surface area (Å²) in [7, 11) is 1.59. The van der Waals surface area contributed by atoms with E-state index in [2.05, 4.69) is 0 Å². The molecule has 0 unspecified atom stereocenters. The van der Waals surface area contributed by atoms with Crippen LogP contribution >= 0.6 is 0 Å². The van der Waals surface area contributed by atoms with Crippen LogP contribution in [0.3, 0.4) is 0 Å². The Balaban J connectivity index is 2.93. The topological polar surface area (TPSA) is 55.5 Å². The van der Waals surface area contributed by atoms with Crippen molar-refractivity contribution < 1.29 is 9.84 Å². The van der Waals surface area contributed by atoms with Gasteiger partial charge in [0.2, 0.25) is 0 Å². The van der Waals surface area contributed by atoms with E-state index in [4.69, 9.17) is 15.6 Å². The molecule has 0 saturated carbocycles. The van der Waals surface area contributed by atoms with Crippen LogP contribution in [0.5, 0.6) is 5.75 Å². The zero-order chi connectivity index (χ0) is 8.27. The van der Waals surface area contributed by atoms with E-state index >= 15 is 0 Å². The second-order valence-corrected chi connectivity index (χ2v) is 2.32. The molecule has 0 saturated heterocycles. The van der Waals surface area contributed by atoms with Gasteiger partial charge in [-0.2, -0.15) is 0 Å². The molecule has 0 spiro atoms. The van der Waals surface area contributed by atoms with Crippen molar-refractivity contribution in [1.82, 2.24) is 0 Å². The Labute approximate surface area is 65.4 Å². The molecule has 11 heavy (non-hydrogen) atoms. The normalized spacial score (nSPS) is 9.91. The minimum absolute atomic E-state index is 0.214. The van der Waals surface area contributed by atoms with Crippen LogP contribution < -0.4 is 5.73 Å². The molecule has 0 amide bonds. The molecule has 60 valence electrons. The van der Waals surface area contributed by atoms with Gasteiger partial charge in [-0.05, 0) is 18.2 Å². The fourth-order valence-electron chi connectivity index (χ4n) is 0.873. The Morgan fingerprint density at radius 2 is 2.27 bits per heavy atom. The minimum atomic E-state index is 0.214. The van der Waals surface area contributed by atoms with Crippen molar-refractivity contribution in [3.8, 4) is 5.75 Å². The Hall–Kier alpha value is -1.22. The van der Waals surface area contributed by atoms with Crippen molar-refractivity contribution in [3.63, 3.8) is 0 Å². The first-order valence-corrected chi connectivity index (χ1v) is 3.30. The highest BCUT2D eigenvalue weighted by Crippen LogP contribution is 2.18. The number of hydrogen-bond acceptors (Lipinski definition) is 3. The average molecular weight is 153 g/mol. The van der Waals surface area contributed by atoms with Crippen molar-refractivity contribution in [2.24, 2.45) is 0 Å². The van der Waals surface area contributed by atoms with Gasteiger partial charge in [0.05, 0.1) is 6.61 Å². The smallest absolute Gasteiger partial charge is 0.116 e. The van der Waals surface area contributed by atoms with E-state index in [-0.39, 0.29) is 5.75 Å². The molecule has 1 aromatic rings. The Kier molecular flexibility index (Phi) is 2.33. The lowest BCUT2D eigenvalue weighted by Gasteiger charge is -2.03. The van der Waals surface area contributed by atoms with E-state index in [1.54, 1.807) is 25.3 Å². The van der Waals surface area contributed by atoms with Crippen molar-refractivity contribution in [2.45, 2.75) is 6.61 Å². The highest BCUT2D eigenvalue weighted by Gasteiger charge is 1.98. The fourth-order valence-corrected chi connectivity index (χ4v) is 0.873. The predicted octanol–water partition coefficient (Wildman–Crippen LogP) is 1.12. The second-order valence-electron chi connectivity index (χ2n) is 2.32. The number of nitrogen functional groups attached to an aromatic ring is 1. The first-order chi connectivity index (χ1) is 5.24. The Morgan fingerprint density at radius 3 is 2.91 bits per heavy atom. The van der Waals surface area contributed by atoms with Crippen LogP contribution in [-0.4, -0.2) is 12.2 Å². The number of anilines is 1. The lowest BCUT2D eigenvalue weighted by Crippen LogP contribution is -1.94. The largest absolute Gasteiger partial charge is 0.508 e. The molecule has 0 aromatic heterocycles. The molecule has 0 fully saturated rings. The Bertz CT molecular complexity index is 248. The number of ether oxygens (including phenoxy) is 1. The zero-order valence-corrected chi connectivity index (χ0v) is 6.37. The molecule has 3 heteroatoms. The SMILES string of the molecule is COCc1cc(O)ccc1N. The number of phenolic OH excluding ortho intramolecular Hbond substituents is 1. The third kappa shape index (κ3) is 1.85. The van der Waals surface area contributed by atoms with Crippen molar-refractivity contribution in [2.75, 3.05) is 12.8 Å². The first kappa shape index (κ1) is 7.88. The van der Waals surface area contributed by atoms with Crippen LogP contribution in [0.2, 0.25) is 0 Å². The molecule has 0 aliphatic heterocycles. The van der Waals surface area contributed by atoms with Crippen molar-refractivity contribution >= 4 is 5.69 Å². The molecule has 0 aliphatic carbocycles. The van der Waals surface area contributed by atoms with E-state index in [1.807, 2.05) is 0 Å². The standard InChI is InChI=1S/C8H11NO2/c1-11-5-6-4-7(10)2-3-8(6)9/h2-4,10H,5,9H2,1H3. The van der Waals surface area contributed by atoms with E-state index < -0.39 is 0 Å². The molecule has 1 aromatic carbocycles. The number of benzene rings is 1. The van der Waals surface area contributed by atoms with Gasteiger partial charge in [-0.15, -0.1) is 0 Å². The first-order valence-electron chi connectivity index (χ1n) is 3.30. The van der Waals surface area contributed by atoms with Gasteiger partial charge in [0.1, 0.15) is 5.75 Å². The van der Waals surface area contributed by atoms with Crippen LogP contribution in [0, 0.1) is 0 Å². The van der Waals surface area contributed by atoms with E-state index in [0.29, 0.717) is 12.3 Å². The van der Waals surface area contributed by atoms with Gasteiger partial charge in [0.25, 0.3) is 0 Å². The molecule has 0 atom stereocenters. The third-order valence-corrected chi connectivity index (χ3v) is 1.43. The number of hydrogen-bond donors (Lipinski definition) is 2. The molecule has 1 rings (SSSR count). The molecular formula is C8H11NO2. The van der Waals surface area contributed by atoms with Gasteiger partial charge < -0.3 is 15.6 Å². The summed E-state index contributed by atoms with van der Waals surface area (Å²) in [6, 6.07) is 4.80. The maximum Gasteiger partial charge on any atom is 0.116 e. The lowest BCUT2D eigenvalue weighted by atomic mass is 10.2. The fraction of sp³-hybridized carbons (Fsp3) is 0.250. The minimum Gasteiger partial charge on any atom is -0.508 e. The summed E-state index contributed by atoms with van der Waals surface area (Å²) in [5, 5.41) is 9.05. The Morgan fingerprint density at radius 1 is 1.55 bits per heavy atom. The molecule has 3 nitrogen and oxygen atoms in total. The number of aromatic hydroxyl groups is 1. The maximum atomic E-state index is 9.05. The van der Waals surface area contributed by atoms with Crippen LogP contribution in [0.15, 0.2) is 18.2 Å². The number of methoxy groups -OCH3 is 1. The van der Waals surface area contributed by atoms with Gasteiger partial charge in [-0.3, -0.25) is 0 Å². The molecular weight excluding hydrogens is 142 g/mol. The van der Waals surface area contributed by atoms with Crippen LogP contribution in [0.25, 0.3) is 0 Å². The monoisotopic (exact) mass is 153 g/mol. The predicted molar refractivity (Wildman–Crippen MR) is 43.2 cm³/mol. The van der Waals surface area contributed by atoms with Gasteiger partial charge in [0.15, 0.2) is 0 Å². The summed E-state index contributed by atoms with van der Waals surface area (Å²) in [4.78, 5) is 0. The van der Waals surface area contributed by atoms with Crippen molar-refractivity contribution in [1.29, 1.82) is 0 Å². The maximum absolute atomic E-state index is 9.05. The highest BCUT2D eigenvalue weighted by atomic mass is 16.5. The summed E-state index contributed by atoms with van der Waals surface area (Å²) in [5.74, 6) is 0.214. The van der Waals surface area contributed by atoms with Crippen LogP contribution in [-0.2, 0) is 11.3 Å². The van der Waals surface area contributed by atoms with Crippen LogP contribution in [0.1, 0.15) is 5.56 Å². The van der Waals surface area contributed by atoms with E-state index in [9.17, 15) is 0 Å². The molecule has 0 bridgehead atoms. The number of nitrogens with two attached hydrogens (primary N) is 1. The number of rotatable bonds is 2. The molecule has 0 radical (unpaired) electrons. The van der Waals surface area contributed by atoms with Crippen LogP contribution in [0.4, 0.5) is 5.69 Å². The summed E-state index contributed by atoms with van der Waals surface area (Å²) in [5.41, 5.74) is 7.04. The van der Waals surface area contributed by atoms with Gasteiger partial charge in [-0.1, -0.05) is 0 Å². The van der Waals surface area contributed by atoms with Gasteiger partial charge >= 0.3 is 0 Å². The molecule has 3 N–H and O–H groups in total. The van der Waals surface area contributed by atoms with Gasteiger partial charge in [0, 0.05) is 18.4 Å². The highest BCUT2D eigenvalue weighted by molar-refractivity contribution is 5.49. The summed E-state index contributed by atoms with van der Waals surface area (Å²) in [6.07, 6.45) is 0. The molecule has 0 aliphatic rings. The third-order valence-electron chi connectivity index (χ3n) is 1.43. The van der Waals surface area contributed by atoms with Crippen molar-refractivity contribution in [3.05, 3.63) is 23.8 Å². The summed E-state index contributed by atoms with van der Waals surface area (Å²) >= 11 is 0. The second kappa shape index (κ2) is 3.25. The molecule has 0 heterocycles. The van der Waals surface area contributed by atoms with E-state index in [0.717, 1.165) is 5.56 Å². The van der Waals surface area contributed by atoms with E-state index in [1.165, 1.54) is 0 Å². The summed E-state index contributed by atoms with van der Waals surface area (Å²) in [6.45, 7) is 0.431. The average Bonchev–Trinajstić information content (AvgIpc) is 1.98.